The third-order valence-electron chi connectivity index (χ3n) is 3.21. The molecule has 0 spiro atoms. The number of amides is 1. The van der Waals surface area contributed by atoms with Gasteiger partial charge in [0, 0.05) is 11.3 Å². The smallest absolute Gasteiger partial charge is 0.271 e. The number of nitrogens with one attached hydrogen (secondary N) is 1. The van der Waals surface area contributed by atoms with Crippen LogP contribution in [0.1, 0.15) is 50.9 Å². The van der Waals surface area contributed by atoms with Gasteiger partial charge >= 0.3 is 0 Å². The lowest BCUT2D eigenvalue weighted by atomic mass is 10.1. The molecule has 6 heteroatoms. The molecule has 0 aliphatic heterocycles. The molecule has 1 aromatic rings. The Bertz CT molecular complexity index is 571. The molecular weight excluding hydrogens is 360 g/mol. The van der Waals surface area contributed by atoms with E-state index in [4.69, 9.17) is 9.47 Å². The Morgan fingerprint density at radius 1 is 1.39 bits per heavy atom. The molecule has 0 aliphatic rings. The first kappa shape index (κ1) is 19.5. The Balaban J connectivity index is 2.84. The number of nitrogens with zero attached hydrogens (tertiary/aromatic N) is 1. The third kappa shape index (κ3) is 6.22. The molecule has 0 saturated carbocycles. The van der Waals surface area contributed by atoms with Gasteiger partial charge in [-0.15, -0.1) is 0 Å². The van der Waals surface area contributed by atoms with Gasteiger partial charge in [0.1, 0.15) is 0 Å². The lowest BCUT2D eigenvalue weighted by molar-refractivity contribution is 0.0954. The quantitative estimate of drug-likeness (QED) is 0.533. The van der Waals surface area contributed by atoms with Gasteiger partial charge in [-0.2, -0.15) is 5.10 Å². The van der Waals surface area contributed by atoms with Gasteiger partial charge in [0.15, 0.2) is 11.5 Å². The fourth-order valence-electron chi connectivity index (χ4n) is 1.90. The number of halogens is 1. The molecule has 0 saturated heterocycles. The van der Waals surface area contributed by atoms with Gasteiger partial charge < -0.3 is 9.47 Å². The van der Waals surface area contributed by atoms with Gasteiger partial charge in [0.05, 0.1) is 18.2 Å². The predicted molar refractivity (Wildman–Crippen MR) is 96.5 cm³/mol. The van der Waals surface area contributed by atoms with E-state index < -0.39 is 0 Å². The number of hydrogen-bond acceptors (Lipinski definition) is 4. The van der Waals surface area contributed by atoms with Crippen molar-refractivity contribution in [2.45, 2.75) is 40.5 Å². The van der Waals surface area contributed by atoms with Crippen LogP contribution in [-0.4, -0.2) is 25.3 Å². The van der Waals surface area contributed by atoms with Crippen LogP contribution in [0, 0.1) is 5.92 Å². The molecule has 23 heavy (non-hydrogen) atoms. The number of carbonyl (C=O) groups is 1. The van der Waals surface area contributed by atoms with Crippen molar-refractivity contribution < 1.29 is 14.3 Å². The van der Waals surface area contributed by atoms with E-state index in [0.717, 1.165) is 18.6 Å². The Kier molecular flexibility index (Phi) is 8.09. The van der Waals surface area contributed by atoms with Gasteiger partial charge in [0.25, 0.3) is 5.91 Å². The molecule has 1 rings (SSSR count). The maximum absolute atomic E-state index is 12.2. The fraction of sp³-hybridized carbons (Fsp3) is 0.529. The summed E-state index contributed by atoms with van der Waals surface area (Å²) in [6.45, 7) is 8.64. The Hall–Kier alpha value is -1.56. The van der Waals surface area contributed by atoms with E-state index in [-0.39, 0.29) is 5.91 Å². The molecule has 5 nitrogen and oxygen atoms in total. The van der Waals surface area contributed by atoms with E-state index >= 15 is 0 Å². The summed E-state index contributed by atoms with van der Waals surface area (Å²) in [7, 11) is 1.54. The van der Waals surface area contributed by atoms with Crippen molar-refractivity contribution in [1.29, 1.82) is 0 Å². The van der Waals surface area contributed by atoms with Crippen molar-refractivity contribution in [3.63, 3.8) is 0 Å². The van der Waals surface area contributed by atoms with Crippen LogP contribution in [0.2, 0.25) is 0 Å². The van der Waals surface area contributed by atoms with E-state index in [0.29, 0.717) is 34.1 Å². The van der Waals surface area contributed by atoms with Gasteiger partial charge in [-0.05, 0) is 60.7 Å². The number of benzene rings is 1. The fourth-order valence-corrected chi connectivity index (χ4v) is 2.46. The highest BCUT2D eigenvalue weighted by Gasteiger charge is 2.15. The van der Waals surface area contributed by atoms with E-state index in [2.05, 4.69) is 40.3 Å². The second-order valence-electron chi connectivity index (χ2n) is 5.64. The Morgan fingerprint density at radius 3 is 2.65 bits per heavy atom. The Morgan fingerprint density at radius 2 is 2.09 bits per heavy atom. The zero-order chi connectivity index (χ0) is 17.4. The van der Waals surface area contributed by atoms with Crippen LogP contribution in [0.3, 0.4) is 0 Å². The second kappa shape index (κ2) is 9.55. The van der Waals surface area contributed by atoms with Crippen molar-refractivity contribution in [3.05, 3.63) is 22.2 Å². The molecule has 1 aromatic carbocycles. The zero-order valence-electron chi connectivity index (χ0n) is 14.4. The first-order chi connectivity index (χ1) is 10.9. The highest BCUT2D eigenvalue weighted by atomic mass is 79.9. The first-order valence-corrected chi connectivity index (χ1v) is 8.52. The molecule has 128 valence electrons. The minimum Gasteiger partial charge on any atom is -0.493 e. The largest absolute Gasteiger partial charge is 0.493 e. The standard InChI is InChI=1S/C17H25BrN2O3/c1-6-23-16-14(18)9-13(10-15(16)22-5)17(21)20-19-12(4)8-7-11(2)3/h9-11H,6-8H2,1-5H3,(H,20,21)/b19-12-. The number of methoxy groups -OCH3 is 1. The van der Waals surface area contributed by atoms with Crippen molar-refractivity contribution in [2.24, 2.45) is 11.0 Å². The maximum atomic E-state index is 12.2. The highest BCUT2D eigenvalue weighted by molar-refractivity contribution is 9.10. The van der Waals surface area contributed by atoms with Crippen molar-refractivity contribution in [2.75, 3.05) is 13.7 Å². The molecule has 0 heterocycles. The van der Waals surface area contributed by atoms with Gasteiger partial charge in [-0.3, -0.25) is 4.79 Å². The highest BCUT2D eigenvalue weighted by Crippen LogP contribution is 2.36. The average molecular weight is 385 g/mol. The minimum atomic E-state index is -0.282. The zero-order valence-corrected chi connectivity index (χ0v) is 16.0. The summed E-state index contributed by atoms with van der Waals surface area (Å²) in [5, 5.41) is 4.15. The predicted octanol–water partition coefficient (Wildman–Crippen LogP) is 4.40. The lowest BCUT2D eigenvalue weighted by Gasteiger charge is -2.13. The molecule has 0 unspecified atom stereocenters. The maximum Gasteiger partial charge on any atom is 0.271 e. The summed E-state index contributed by atoms with van der Waals surface area (Å²) in [6.07, 6.45) is 1.92. The third-order valence-corrected chi connectivity index (χ3v) is 3.80. The molecule has 0 aromatic heterocycles. The normalized spacial score (nSPS) is 11.5. The summed E-state index contributed by atoms with van der Waals surface area (Å²) in [5.74, 6) is 1.42. The minimum absolute atomic E-state index is 0.282. The monoisotopic (exact) mass is 384 g/mol. The van der Waals surface area contributed by atoms with Crippen LogP contribution in [0.25, 0.3) is 0 Å². The van der Waals surface area contributed by atoms with Crippen LogP contribution in [0.5, 0.6) is 11.5 Å². The topological polar surface area (TPSA) is 59.9 Å². The SMILES string of the molecule is CCOc1c(Br)cc(C(=O)N/N=C(/C)CCC(C)C)cc1OC. The lowest BCUT2D eigenvalue weighted by Crippen LogP contribution is -2.19. The average Bonchev–Trinajstić information content (AvgIpc) is 2.52. The number of carbonyl (C=O) groups excluding carboxylic acids is 1. The van der Waals surface area contributed by atoms with Crippen LogP contribution in [0.4, 0.5) is 0 Å². The molecule has 1 N–H and O–H groups in total. The summed E-state index contributed by atoms with van der Waals surface area (Å²) < 4.78 is 11.5. The number of rotatable bonds is 8. The second-order valence-corrected chi connectivity index (χ2v) is 6.50. The first-order valence-electron chi connectivity index (χ1n) is 7.72. The van der Waals surface area contributed by atoms with Gasteiger partial charge in [0.2, 0.25) is 0 Å². The van der Waals surface area contributed by atoms with Crippen LogP contribution in [0.15, 0.2) is 21.7 Å². The molecule has 0 fully saturated rings. The molecular formula is C17H25BrN2O3. The Labute approximate surface area is 146 Å². The van der Waals surface area contributed by atoms with E-state index in [1.807, 2.05) is 13.8 Å². The van der Waals surface area contributed by atoms with Crippen molar-refractivity contribution >= 4 is 27.5 Å². The van der Waals surface area contributed by atoms with E-state index in [1.165, 1.54) is 0 Å². The molecule has 0 radical (unpaired) electrons. The number of ether oxygens (including phenoxy) is 2. The number of hydrogen-bond donors (Lipinski definition) is 1. The van der Waals surface area contributed by atoms with Crippen LogP contribution >= 0.6 is 15.9 Å². The van der Waals surface area contributed by atoms with Gasteiger partial charge in [-0.1, -0.05) is 13.8 Å². The molecule has 1 amide bonds. The summed E-state index contributed by atoms with van der Waals surface area (Å²) >= 11 is 3.41. The van der Waals surface area contributed by atoms with E-state index in [1.54, 1.807) is 19.2 Å². The number of hydrazone groups is 1. The van der Waals surface area contributed by atoms with Gasteiger partial charge in [-0.25, -0.2) is 5.43 Å². The molecule has 0 aliphatic carbocycles. The van der Waals surface area contributed by atoms with Crippen molar-refractivity contribution in [1.82, 2.24) is 5.43 Å². The van der Waals surface area contributed by atoms with Crippen LogP contribution in [-0.2, 0) is 0 Å². The summed E-state index contributed by atoms with van der Waals surface area (Å²) in [4.78, 5) is 12.2. The summed E-state index contributed by atoms with van der Waals surface area (Å²) in [5.41, 5.74) is 3.95. The molecule has 0 bridgehead atoms. The van der Waals surface area contributed by atoms with E-state index in [9.17, 15) is 4.79 Å². The molecule has 0 atom stereocenters. The summed E-state index contributed by atoms with van der Waals surface area (Å²) in [6, 6.07) is 3.34. The van der Waals surface area contributed by atoms with Crippen molar-refractivity contribution in [3.8, 4) is 11.5 Å². The van der Waals surface area contributed by atoms with Crippen LogP contribution < -0.4 is 14.9 Å².